The molecular formula is C13H19N3O3. The summed E-state index contributed by atoms with van der Waals surface area (Å²) in [6, 6.07) is 6.64. The Labute approximate surface area is 112 Å². The molecule has 104 valence electrons. The maximum atomic E-state index is 11.6. The SMILES string of the molecule is CNC(=O)C(C)NC(=O)COc1ccccc1CN. The van der Waals surface area contributed by atoms with Gasteiger partial charge < -0.3 is 21.1 Å². The van der Waals surface area contributed by atoms with Gasteiger partial charge in [0.05, 0.1) is 0 Å². The average molecular weight is 265 g/mol. The van der Waals surface area contributed by atoms with E-state index < -0.39 is 6.04 Å². The van der Waals surface area contributed by atoms with Crippen molar-refractivity contribution in [1.29, 1.82) is 0 Å². The predicted octanol–water partition coefficient (Wildman–Crippen LogP) is -0.225. The first kappa shape index (κ1) is 15.0. The first-order valence-electron chi connectivity index (χ1n) is 6.00. The number of nitrogens with two attached hydrogens (primary N) is 1. The average Bonchev–Trinajstić information content (AvgIpc) is 2.44. The highest BCUT2D eigenvalue weighted by atomic mass is 16.5. The lowest BCUT2D eigenvalue weighted by Crippen LogP contribution is -2.45. The summed E-state index contributed by atoms with van der Waals surface area (Å²) in [6.45, 7) is 1.79. The first-order valence-corrected chi connectivity index (χ1v) is 6.00. The summed E-state index contributed by atoms with van der Waals surface area (Å²) in [6.07, 6.45) is 0. The number of amides is 2. The monoisotopic (exact) mass is 265 g/mol. The number of hydrogen-bond donors (Lipinski definition) is 3. The van der Waals surface area contributed by atoms with Crippen molar-refractivity contribution in [3.05, 3.63) is 29.8 Å². The van der Waals surface area contributed by atoms with E-state index in [0.717, 1.165) is 5.56 Å². The summed E-state index contributed by atoms with van der Waals surface area (Å²) in [4.78, 5) is 22.8. The van der Waals surface area contributed by atoms with Crippen LogP contribution in [0.5, 0.6) is 5.75 Å². The Bertz CT molecular complexity index is 449. The van der Waals surface area contributed by atoms with Crippen molar-refractivity contribution in [1.82, 2.24) is 10.6 Å². The fourth-order valence-electron chi connectivity index (χ4n) is 1.52. The number of carbonyl (C=O) groups is 2. The van der Waals surface area contributed by atoms with Crippen molar-refractivity contribution < 1.29 is 14.3 Å². The van der Waals surface area contributed by atoms with Crippen molar-refractivity contribution in [3.63, 3.8) is 0 Å². The minimum Gasteiger partial charge on any atom is -0.483 e. The third-order valence-corrected chi connectivity index (χ3v) is 2.57. The number of rotatable bonds is 6. The van der Waals surface area contributed by atoms with Crippen LogP contribution in [0.25, 0.3) is 0 Å². The maximum absolute atomic E-state index is 11.6. The van der Waals surface area contributed by atoms with Gasteiger partial charge in [-0.1, -0.05) is 18.2 Å². The van der Waals surface area contributed by atoms with Gasteiger partial charge in [0.25, 0.3) is 5.91 Å². The fourth-order valence-corrected chi connectivity index (χ4v) is 1.52. The van der Waals surface area contributed by atoms with Crippen LogP contribution in [0.1, 0.15) is 12.5 Å². The molecule has 0 heterocycles. The van der Waals surface area contributed by atoms with Gasteiger partial charge in [-0.15, -0.1) is 0 Å². The molecule has 6 heteroatoms. The van der Waals surface area contributed by atoms with Gasteiger partial charge in [-0.3, -0.25) is 9.59 Å². The van der Waals surface area contributed by atoms with Gasteiger partial charge in [-0.05, 0) is 13.0 Å². The molecule has 0 aliphatic rings. The molecule has 1 unspecified atom stereocenters. The topological polar surface area (TPSA) is 93.5 Å². The smallest absolute Gasteiger partial charge is 0.258 e. The largest absolute Gasteiger partial charge is 0.483 e. The molecule has 4 N–H and O–H groups in total. The Morgan fingerprint density at radius 3 is 2.68 bits per heavy atom. The number of para-hydroxylation sites is 1. The molecule has 0 saturated carbocycles. The predicted molar refractivity (Wildman–Crippen MR) is 71.5 cm³/mol. The highest BCUT2D eigenvalue weighted by molar-refractivity contribution is 5.87. The second-order valence-electron chi connectivity index (χ2n) is 4.00. The highest BCUT2D eigenvalue weighted by Gasteiger charge is 2.14. The van der Waals surface area contributed by atoms with Crippen molar-refractivity contribution >= 4 is 11.8 Å². The Kier molecular flexibility index (Phi) is 5.81. The molecule has 0 radical (unpaired) electrons. The lowest BCUT2D eigenvalue weighted by atomic mass is 10.2. The van der Waals surface area contributed by atoms with Gasteiger partial charge in [0.2, 0.25) is 5.91 Å². The Hall–Kier alpha value is -2.08. The highest BCUT2D eigenvalue weighted by Crippen LogP contribution is 2.16. The van der Waals surface area contributed by atoms with E-state index in [1.165, 1.54) is 7.05 Å². The lowest BCUT2D eigenvalue weighted by Gasteiger charge is -2.13. The van der Waals surface area contributed by atoms with Crippen LogP contribution in [0.3, 0.4) is 0 Å². The minimum absolute atomic E-state index is 0.154. The fraction of sp³-hybridized carbons (Fsp3) is 0.385. The van der Waals surface area contributed by atoms with Gasteiger partial charge in [-0.2, -0.15) is 0 Å². The molecule has 1 atom stereocenters. The molecule has 1 aromatic rings. The molecule has 1 aromatic carbocycles. The molecule has 0 aromatic heterocycles. The van der Waals surface area contributed by atoms with Gasteiger partial charge in [-0.25, -0.2) is 0 Å². The Balaban J connectivity index is 2.48. The molecule has 1 rings (SSSR count). The van der Waals surface area contributed by atoms with Crippen LogP contribution in [0.2, 0.25) is 0 Å². The standard InChI is InChI=1S/C13H19N3O3/c1-9(13(18)15-2)16-12(17)8-19-11-6-4-3-5-10(11)7-14/h3-6,9H,7-8,14H2,1-2H3,(H,15,18)(H,16,17). The van der Waals surface area contributed by atoms with E-state index in [1.54, 1.807) is 19.1 Å². The quantitative estimate of drug-likeness (QED) is 0.662. The summed E-state index contributed by atoms with van der Waals surface area (Å²) in [5, 5.41) is 4.98. The normalized spacial score (nSPS) is 11.5. The van der Waals surface area contributed by atoms with Gasteiger partial charge >= 0.3 is 0 Å². The van der Waals surface area contributed by atoms with E-state index in [2.05, 4.69) is 10.6 Å². The van der Waals surface area contributed by atoms with Crippen molar-refractivity contribution in [2.75, 3.05) is 13.7 Å². The summed E-state index contributed by atoms with van der Waals surface area (Å²) >= 11 is 0. The third kappa shape index (κ3) is 4.59. The van der Waals surface area contributed by atoms with E-state index in [0.29, 0.717) is 12.3 Å². The van der Waals surface area contributed by atoms with Crippen LogP contribution in [0, 0.1) is 0 Å². The number of benzene rings is 1. The Morgan fingerprint density at radius 2 is 2.05 bits per heavy atom. The second kappa shape index (κ2) is 7.38. The second-order valence-corrected chi connectivity index (χ2v) is 4.00. The molecule has 0 fully saturated rings. The first-order chi connectivity index (χ1) is 9.08. The van der Waals surface area contributed by atoms with Crippen LogP contribution < -0.4 is 21.1 Å². The van der Waals surface area contributed by atoms with Gasteiger partial charge in [0, 0.05) is 19.2 Å². The van der Waals surface area contributed by atoms with Crippen LogP contribution >= 0.6 is 0 Å². The zero-order valence-electron chi connectivity index (χ0n) is 11.1. The zero-order valence-corrected chi connectivity index (χ0v) is 11.1. The molecular weight excluding hydrogens is 246 g/mol. The third-order valence-electron chi connectivity index (χ3n) is 2.57. The zero-order chi connectivity index (χ0) is 14.3. The molecule has 6 nitrogen and oxygen atoms in total. The van der Waals surface area contributed by atoms with Crippen LogP contribution in [-0.2, 0) is 16.1 Å². The number of ether oxygens (including phenoxy) is 1. The van der Waals surface area contributed by atoms with Crippen LogP contribution in [-0.4, -0.2) is 31.5 Å². The molecule has 0 saturated heterocycles. The van der Waals surface area contributed by atoms with E-state index in [4.69, 9.17) is 10.5 Å². The lowest BCUT2D eigenvalue weighted by molar-refractivity contribution is -0.129. The van der Waals surface area contributed by atoms with E-state index in [-0.39, 0.29) is 18.4 Å². The molecule has 2 amide bonds. The maximum Gasteiger partial charge on any atom is 0.258 e. The molecule has 19 heavy (non-hydrogen) atoms. The van der Waals surface area contributed by atoms with Gasteiger partial charge in [0.1, 0.15) is 11.8 Å². The summed E-state index contributed by atoms with van der Waals surface area (Å²) in [7, 11) is 1.51. The molecule has 0 aliphatic heterocycles. The number of likely N-dealkylation sites (N-methyl/N-ethyl adjacent to an activating group) is 1. The Morgan fingerprint density at radius 1 is 1.37 bits per heavy atom. The van der Waals surface area contributed by atoms with Crippen molar-refractivity contribution in [3.8, 4) is 5.75 Å². The van der Waals surface area contributed by atoms with Crippen molar-refractivity contribution in [2.45, 2.75) is 19.5 Å². The molecule has 0 aliphatic carbocycles. The summed E-state index contributed by atoms with van der Waals surface area (Å²) < 4.78 is 5.38. The van der Waals surface area contributed by atoms with Crippen molar-refractivity contribution in [2.24, 2.45) is 5.73 Å². The van der Waals surface area contributed by atoms with Gasteiger partial charge in [0.15, 0.2) is 6.61 Å². The molecule has 0 bridgehead atoms. The van der Waals surface area contributed by atoms with Crippen LogP contribution in [0.15, 0.2) is 24.3 Å². The van der Waals surface area contributed by atoms with E-state index >= 15 is 0 Å². The van der Waals surface area contributed by atoms with Crippen LogP contribution in [0.4, 0.5) is 0 Å². The molecule has 0 spiro atoms. The van der Waals surface area contributed by atoms with E-state index in [9.17, 15) is 9.59 Å². The number of hydrogen-bond acceptors (Lipinski definition) is 4. The number of carbonyl (C=O) groups excluding carboxylic acids is 2. The number of nitrogens with one attached hydrogen (secondary N) is 2. The van der Waals surface area contributed by atoms with E-state index in [1.807, 2.05) is 12.1 Å². The summed E-state index contributed by atoms with van der Waals surface area (Å²) in [5.41, 5.74) is 6.39. The summed E-state index contributed by atoms with van der Waals surface area (Å²) in [5.74, 6) is -0.0358. The minimum atomic E-state index is -0.592.